The molecule has 8 heavy (non-hydrogen) atoms. The first-order chi connectivity index (χ1) is 3.39. The van der Waals surface area contributed by atoms with Crippen molar-refractivity contribution in [3.63, 3.8) is 0 Å². The van der Waals surface area contributed by atoms with Crippen molar-refractivity contribution in [1.82, 2.24) is 0 Å². The number of benzene rings is 1. The van der Waals surface area contributed by atoms with E-state index in [0.717, 1.165) is 5.46 Å². The Morgan fingerprint density at radius 3 is 1.75 bits per heavy atom. The first-order valence-electron chi connectivity index (χ1n) is 2.20. The van der Waals surface area contributed by atoms with Crippen molar-refractivity contribution in [1.29, 1.82) is 0 Å². The van der Waals surface area contributed by atoms with Gasteiger partial charge in [0.2, 0.25) is 0 Å². The Labute approximate surface area is 80.7 Å². The predicted octanol–water partition coefficient (Wildman–Crippen LogP) is 0.480. The van der Waals surface area contributed by atoms with Crippen LogP contribution in [0.15, 0.2) is 30.3 Å². The minimum Gasteiger partial charge on any atom is -0.0967 e. The molecule has 1 aromatic carbocycles. The van der Waals surface area contributed by atoms with Crippen LogP contribution in [-0.2, 0) is 0 Å². The second kappa shape index (κ2) is 4.43. The minimum absolute atomic E-state index is 0. The number of hydrogen-bond acceptors (Lipinski definition) is 0. The van der Waals surface area contributed by atoms with Gasteiger partial charge in [-0.3, -0.25) is 0 Å². The maximum atomic E-state index is 5.36. The summed E-state index contributed by atoms with van der Waals surface area (Å²) in [5.41, 5.74) is 0.822. The molecule has 0 N–H and O–H groups in total. The van der Waals surface area contributed by atoms with Gasteiger partial charge in [0, 0.05) is 37.7 Å². The van der Waals surface area contributed by atoms with E-state index in [2.05, 4.69) is 0 Å². The van der Waals surface area contributed by atoms with Crippen LogP contribution in [0.1, 0.15) is 0 Å². The van der Waals surface area contributed by atoms with E-state index < -0.39 is 0 Å². The van der Waals surface area contributed by atoms with Gasteiger partial charge in [0.05, 0.1) is 0 Å². The summed E-state index contributed by atoms with van der Waals surface area (Å²) in [5, 5.41) is 0. The third-order valence-corrected chi connectivity index (χ3v) is 0.800. The largest absolute Gasteiger partial charge is 0.113 e. The van der Waals surface area contributed by atoms with E-state index in [0.29, 0.717) is 0 Å². The molecule has 0 bridgehead atoms. The molecule has 0 aliphatic heterocycles. The quantitative estimate of drug-likeness (QED) is 0.590. The third kappa shape index (κ3) is 2.76. The summed E-state index contributed by atoms with van der Waals surface area (Å²) in [6.45, 7) is 0. The van der Waals surface area contributed by atoms with Crippen LogP contribution in [0.5, 0.6) is 0 Å². The fourth-order valence-corrected chi connectivity index (χ4v) is 0.453. The molecule has 0 amide bonds. The van der Waals surface area contributed by atoms with Gasteiger partial charge in [-0.15, -0.1) is 0 Å². The maximum Gasteiger partial charge on any atom is 0.113 e. The Balaban J connectivity index is 0.000000490. The van der Waals surface area contributed by atoms with Crippen LogP contribution in [0.3, 0.4) is 0 Å². The fourth-order valence-electron chi connectivity index (χ4n) is 0.453. The molecule has 0 nitrogen and oxygen atoms in total. The summed E-state index contributed by atoms with van der Waals surface area (Å²) in [5.74, 6) is 0. The van der Waals surface area contributed by atoms with E-state index in [1.54, 1.807) is 0 Å². The zero-order valence-electron chi connectivity index (χ0n) is 4.27. The van der Waals surface area contributed by atoms with Gasteiger partial charge >= 0.3 is 0 Å². The van der Waals surface area contributed by atoms with E-state index in [4.69, 9.17) is 7.85 Å². The summed E-state index contributed by atoms with van der Waals surface area (Å²) in [6, 6.07) is 9.49. The molecule has 0 aliphatic rings. The van der Waals surface area contributed by atoms with Gasteiger partial charge in [-0.2, -0.15) is 0 Å². The molecule has 0 heterocycles. The standard InChI is InChI=1S/C6H5B.Ho/c7-6-4-2-1-3-5-6;/h1-5H;. The van der Waals surface area contributed by atoms with Gasteiger partial charge in [-0.05, 0) is 0 Å². The fraction of sp³-hybridized carbons (Fsp3) is 0. The van der Waals surface area contributed by atoms with Gasteiger partial charge in [0.15, 0.2) is 0 Å². The van der Waals surface area contributed by atoms with Crippen molar-refractivity contribution >= 4 is 13.3 Å². The van der Waals surface area contributed by atoms with E-state index >= 15 is 0 Å². The minimum atomic E-state index is 0. The topological polar surface area (TPSA) is 0 Å². The van der Waals surface area contributed by atoms with Crippen molar-refractivity contribution in [2.24, 2.45) is 0 Å². The summed E-state index contributed by atoms with van der Waals surface area (Å²) >= 11 is 0. The third-order valence-electron chi connectivity index (χ3n) is 0.800. The van der Waals surface area contributed by atoms with E-state index in [-0.39, 0.29) is 37.7 Å². The molecule has 0 aromatic heterocycles. The summed E-state index contributed by atoms with van der Waals surface area (Å²) < 4.78 is 0. The smallest absolute Gasteiger partial charge is 0.0967 e. The first kappa shape index (κ1) is 8.54. The Morgan fingerprint density at radius 1 is 1.00 bits per heavy atom. The molecular formula is C6H5BHo. The Kier molecular flexibility index (Phi) is 4.73. The summed E-state index contributed by atoms with van der Waals surface area (Å²) in [4.78, 5) is 0. The normalized spacial score (nSPS) is 7.50. The van der Waals surface area contributed by atoms with Crippen LogP contribution in [0.25, 0.3) is 0 Å². The Hall–Kier alpha value is 0.545. The molecular weight excluding hydrogens is 248 g/mol. The molecule has 1 rings (SSSR count). The molecule has 0 aliphatic carbocycles. The summed E-state index contributed by atoms with van der Waals surface area (Å²) in [6.07, 6.45) is 0. The first-order valence-corrected chi connectivity index (χ1v) is 2.20. The van der Waals surface area contributed by atoms with Gasteiger partial charge in [0.1, 0.15) is 7.85 Å². The van der Waals surface area contributed by atoms with Crippen molar-refractivity contribution < 1.29 is 37.7 Å². The average Bonchev–Trinajstić information content (AvgIpc) is 1.69. The van der Waals surface area contributed by atoms with Gasteiger partial charge in [-0.1, -0.05) is 35.8 Å². The number of rotatable bonds is 0. The van der Waals surface area contributed by atoms with Gasteiger partial charge in [-0.25, -0.2) is 0 Å². The molecule has 43 valence electrons. The Bertz CT molecular complexity index is 138. The zero-order valence-corrected chi connectivity index (χ0v) is 6.20. The van der Waals surface area contributed by atoms with Crippen LogP contribution in [-0.4, -0.2) is 7.85 Å². The summed E-state index contributed by atoms with van der Waals surface area (Å²) in [7, 11) is 5.36. The van der Waals surface area contributed by atoms with Crippen molar-refractivity contribution in [3.05, 3.63) is 30.3 Å². The van der Waals surface area contributed by atoms with Gasteiger partial charge < -0.3 is 0 Å². The van der Waals surface area contributed by atoms with Crippen molar-refractivity contribution in [2.45, 2.75) is 0 Å². The molecule has 2 heteroatoms. The molecule has 1 aromatic rings. The van der Waals surface area contributed by atoms with Crippen LogP contribution >= 0.6 is 0 Å². The van der Waals surface area contributed by atoms with Crippen molar-refractivity contribution in [2.75, 3.05) is 0 Å². The average molecular weight is 253 g/mol. The molecule has 0 spiro atoms. The van der Waals surface area contributed by atoms with Crippen LogP contribution < -0.4 is 5.46 Å². The molecule has 0 fully saturated rings. The zero-order chi connectivity index (χ0) is 5.11. The number of hydrogen-bond donors (Lipinski definition) is 0. The van der Waals surface area contributed by atoms with Crippen LogP contribution in [0.4, 0.5) is 0 Å². The van der Waals surface area contributed by atoms with Gasteiger partial charge in [0.25, 0.3) is 0 Å². The van der Waals surface area contributed by atoms with Crippen LogP contribution in [0, 0.1) is 37.7 Å². The maximum absolute atomic E-state index is 5.36. The predicted molar refractivity (Wildman–Crippen MR) is 31.8 cm³/mol. The monoisotopic (exact) mass is 253 g/mol. The molecule has 0 saturated carbocycles. The Morgan fingerprint density at radius 2 is 1.50 bits per heavy atom. The molecule has 0 saturated heterocycles. The van der Waals surface area contributed by atoms with E-state index in [9.17, 15) is 0 Å². The molecule has 3 radical (unpaired) electrons. The second-order valence-corrected chi connectivity index (χ2v) is 1.41. The van der Waals surface area contributed by atoms with Crippen LogP contribution in [0.2, 0.25) is 0 Å². The second-order valence-electron chi connectivity index (χ2n) is 1.41. The van der Waals surface area contributed by atoms with Crippen molar-refractivity contribution in [3.8, 4) is 0 Å². The van der Waals surface area contributed by atoms with E-state index in [1.807, 2.05) is 30.3 Å². The molecule has 0 atom stereocenters. The molecule has 0 unspecified atom stereocenters. The SMILES string of the molecule is [B]c1ccccc1.[Ho]. The van der Waals surface area contributed by atoms with E-state index in [1.165, 1.54) is 0 Å².